The van der Waals surface area contributed by atoms with Crippen molar-refractivity contribution in [1.82, 2.24) is 4.98 Å². The van der Waals surface area contributed by atoms with Gasteiger partial charge in [-0.1, -0.05) is 13.3 Å². The van der Waals surface area contributed by atoms with Gasteiger partial charge in [-0.25, -0.2) is 9.78 Å². The Morgan fingerprint density at radius 2 is 2.25 bits per heavy atom. The molecule has 0 bridgehead atoms. The van der Waals surface area contributed by atoms with Crippen LogP contribution in [0, 0.1) is 0 Å². The predicted octanol–water partition coefficient (Wildman–Crippen LogP) is 3.31. The zero-order valence-corrected chi connectivity index (χ0v) is 11.6. The summed E-state index contributed by atoms with van der Waals surface area (Å²) in [6.07, 6.45) is 4.90. The summed E-state index contributed by atoms with van der Waals surface area (Å²) in [5, 5.41) is 0. The fraction of sp³-hybridized carbons (Fsp3) is 0.333. The maximum atomic E-state index is 11.8. The number of ether oxygens (including phenoxy) is 2. The number of aromatic nitrogens is 1. The molecule has 106 valence electrons. The molecule has 2 aromatic rings. The number of methoxy groups -OCH3 is 1. The van der Waals surface area contributed by atoms with Crippen molar-refractivity contribution < 1.29 is 18.7 Å². The van der Waals surface area contributed by atoms with E-state index in [4.69, 9.17) is 13.9 Å². The van der Waals surface area contributed by atoms with Crippen LogP contribution in [0.25, 0.3) is 11.3 Å². The van der Waals surface area contributed by atoms with E-state index in [1.807, 2.05) is 6.07 Å². The zero-order valence-electron chi connectivity index (χ0n) is 11.6. The number of carbonyl (C=O) groups excluding carboxylic acids is 1. The van der Waals surface area contributed by atoms with Gasteiger partial charge in [-0.3, -0.25) is 0 Å². The van der Waals surface area contributed by atoms with Crippen LogP contribution >= 0.6 is 0 Å². The van der Waals surface area contributed by atoms with E-state index in [1.54, 1.807) is 18.3 Å². The number of esters is 1. The molecule has 0 unspecified atom stereocenters. The minimum Gasteiger partial charge on any atom is -0.493 e. The number of carbonyl (C=O) groups is 1. The highest BCUT2D eigenvalue weighted by Crippen LogP contribution is 2.27. The number of hydrogen-bond donors (Lipinski definition) is 0. The van der Waals surface area contributed by atoms with E-state index >= 15 is 0 Å². The molecule has 0 atom stereocenters. The molecule has 0 aliphatic heterocycles. The van der Waals surface area contributed by atoms with Crippen molar-refractivity contribution in [3.05, 3.63) is 36.4 Å². The number of oxazole rings is 1. The number of nitrogens with zero attached hydrogens (tertiary/aromatic N) is 1. The van der Waals surface area contributed by atoms with Crippen LogP contribution in [-0.2, 0) is 4.74 Å². The lowest BCUT2D eigenvalue weighted by molar-refractivity contribution is 0.0596. The third-order valence-electron chi connectivity index (χ3n) is 2.86. The summed E-state index contributed by atoms with van der Waals surface area (Å²) >= 11 is 0. The van der Waals surface area contributed by atoms with Crippen LogP contribution in [0.4, 0.5) is 0 Å². The van der Waals surface area contributed by atoms with Gasteiger partial charge >= 0.3 is 5.97 Å². The Bertz CT molecular complexity index is 563. The Kier molecular flexibility index (Phi) is 4.76. The lowest BCUT2D eigenvalue weighted by atomic mass is 10.1. The fourth-order valence-electron chi connectivity index (χ4n) is 1.76. The summed E-state index contributed by atoms with van der Waals surface area (Å²) in [6, 6.07) is 5.27. The van der Waals surface area contributed by atoms with Crippen molar-refractivity contribution in [3.63, 3.8) is 0 Å². The Morgan fingerprint density at radius 3 is 2.90 bits per heavy atom. The highest BCUT2D eigenvalue weighted by atomic mass is 16.5. The highest BCUT2D eigenvalue weighted by molar-refractivity contribution is 5.93. The van der Waals surface area contributed by atoms with Crippen LogP contribution in [0.5, 0.6) is 5.75 Å². The first-order valence-corrected chi connectivity index (χ1v) is 6.50. The molecule has 1 aromatic heterocycles. The van der Waals surface area contributed by atoms with Crippen LogP contribution in [0.1, 0.15) is 30.1 Å². The molecule has 0 radical (unpaired) electrons. The second kappa shape index (κ2) is 6.75. The van der Waals surface area contributed by atoms with Crippen molar-refractivity contribution in [2.45, 2.75) is 19.8 Å². The first kappa shape index (κ1) is 14.1. The van der Waals surface area contributed by atoms with E-state index in [1.165, 1.54) is 13.5 Å². The summed E-state index contributed by atoms with van der Waals surface area (Å²) < 4.78 is 15.6. The molecule has 20 heavy (non-hydrogen) atoms. The SMILES string of the molecule is CCCCOc1ccc(-c2cnco2)cc1C(=O)OC. The maximum Gasteiger partial charge on any atom is 0.341 e. The predicted molar refractivity (Wildman–Crippen MR) is 73.7 cm³/mol. The number of benzene rings is 1. The molecule has 0 spiro atoms. The minimum atomic E-state index is -0.433. The minimum absolute atomic E-state index is 0.387. The van der Waals surface area contributed by atoms with Gasteiger partial charge in [0, 0.05) is 5.56 Å². The van der Waals surface area contributed by atoms with Gasteiger partial charge in [0.15, 0.2) is 12.2 Å². The van der Waals surface area contributed by atoms with Gasteiger partial charge in [-0.15, -0.1) is 0 Å². The molecule has 0 N–H and O–H groups in total. The van der Waals surface area contributed by atoms with Gasteiger partial charge in [0.1, 0.15) is 11.3 Å². The highest BCUT2D eigenvalue weighted by Gasteiger charge is 2.15. The lowest BCUT2D eigenvalue weighted by Gasteiger charge is -2.11. The Labute approximate surface area is 117 Å². The Balaban J connectivity index is 2.30. The third-order valence-corrected chi connectivity index (χ3v) is 2.86. The molecule has 0 aliphatic carbocycles. The molecule has 0 saturated heterocycles. The quantitative estimate of drug-likeness (QED) is 0.598. The van der Waals surface area contributed by atoms with Crippen LogP contribution in [0.2, 0.25) is 0 Å². The molecule has 0 fully saturated rings. The molecule has 0 saturated carbocycles. The monoisotopic (exact) mass is 275 g/mol. The molecule has 5 heteroatoms. The molecule has 0 aliphatic rings. The fourth-order valence-corrected chi connectivity index (χ4v) is 1.76. The smallest absolute Gasteiger partial charge is 0.341 e. The first-order valence-electron chi connectivity index (χ1n) is 6.50. The largest absolute Gasteiger partial charge is 0.493 e. The van der Waals surface area contributed by atoms with Crippen molar-refractivity contribution in [2.75, 3.05) is 13.7 Å². The van der Waals surface area contributed by atoms with Crippen molar-refractivity contribution in [1.29, 1.82) is 0 Å². The summed E-state index contributed by atoms with van der Waals surface area (Å²) in [6.45, 7) is 2.65. The van der Waals surface area contributed by atoms with E-state index in [0.717, 1.165) is 18.4 Å². The summed E-state index contributed by atoms with van der Waals surface area (Å²) in [7, 11) is 1.35. The van der Waals surface area contributed by atoms with Crippen LogP contribution < -0.4 is 4.74 Å². The van der Waals surface area contributed by atoms with E-state index in [2.05, 4.69) is 11.9 Å². The average molecular weight is 275 g/mol. The van der Waals surface area contributed by atoms with E-state index in [0.29, 0.717) is 23.7 Å². The normalized spacial score (nSPS) is 10.3. The third kappa shape index (κ3) is 3.17. The van der Waals surface area contributed by atoms with E-state index in [-0.39, 0.29) is 0 Å². The standard InChI is InChI=1S/C15H17NO4/c1-3-4-7-19-13-6-5-11(14-9-16-10-20-14)8-12(13)15(17)18-2/h5-6,8-10H,3-4,7H2,1-2H3. The molecule has 0 amide bonds. The molecular weight excluding hydrogens is 258 g/mol. The zero-order chi connectivity index (χ0) is 14.4. The van der Waals surface area contributed by atoms with E-state index < -0.39 is 5.97 Å². The molecule has 5 nitrogen and oxygen atoms in total. The van der Waals surface area contributed by atoms with Gasteiger partial charge in [-0.2, -0.15) is 0 Å². The van der Waals surface area contributed by atoms with Crippen molar-refractivity contribution >= 4 is 5.97 Å². The van der Waals surface area contributed by atoms with Gasteiger partial charge in [0.25, 0.3) is 0 Å². The molecular formula is C15H17NO4. The number of rotatable bonds is 6. The van der Waals surface area contributed by atoms with Crippen LogP contribution in [0.15, 0.2) is 35.2 Å². The summed E-state index contributed by atoms with van der Waals surface area (Å²) in [5.74, 6) is 0.682. The number of unbranched alkanes of at least 4 members (excludes halogenated alkanes) is 1. The topological polar surface area (TPSA) is 61.6 Å². The number of hydrogen-bond acceptors (Lipinski definition) is 5. The van der Waals surface area contributed by atoms with Gasteiger partial charge in [-0.05, 0) is 24.6 Å². The second-order valence-electron chi connectivity index (χ2n) is 4.27. The van der Waals surface area contributed by atoms with Crippen molar-refractivity contribution in [3.8, 4) is 17.1 Å². The summed E-state index contributed by atoms with van der Waals surface area (Å²) in [4.78, 5) is 15.7. The second-order valence-corrected chi connectivity index (χ2v) is 4.27. The summed E-state index contributed by atoms with van der Waals surface area (Å²) in [5.41, 5.74) is 1.14. The first-order chi connectivity index (χ1) is 9.76. The van der Waals surface area contributed by atoms with Crippen molar-refractivity contribution in [2.24, 2.45) is 0 Å². The Morgan fingerprint density at radius 1 is 1.40 bits per heavy atom. The maximum absolute atomic E-state index is 11.8. The molecule has 2 rings (SSSR count). The average Bonchev–Trinajstić information content (AvgIpc) is 3.01. The van der Waals surface area contributed by atoms with Gasteiger partial charge in [0.05, 0.1) is 19.9 Å². The Hall–Kier alpha value is -2.30. The van der Waals surface area contributed by atoms with Crippen LogP contribution in [-0.4, -0.2) is 24.7 Å². The molecule has 1 aromatic carbocycles. The van der Waals surface area contributed by atoms with E-state index in [9.17, 15) is 4.79 Å². The lowest BCUT2D eigenvalue weighted by Crippen LogP contribution is -2.07. The van der Waals surface area contributed by atoms with Gasteiger partial charge < -0.3 is 13.9 Å². The van der Waals surface area contributed by atoms with Gasteiger partial charge in [0.2, 0.25) is 0 Å². The van der Waals surface area contributed by atoms with Crippen LogP contribution in [0.3, 0.4) is 0 Å². The molecule has 1 heterocycles.